The third-order valence-electron chi connectivity index (χ3n) is 1.86. The van der Waals surface area contributed by atoms with Crippen molar-refractivity contribution in [2.75, 3.05) is 10.7 Å². The van der Waals surface area contributed by atoms with Gasteiger partial charge in [-0.2, -0.15) is 9.97 Å². The fraction of sp³-hybridized carbons (Fsp3) is 0.250. The lowest BCUT2D eigenvalue weighted by molar-refractivity contribution is 0.388. The van der Waals surface area contributed by atoms with Crippen molar-refractivity contribution in [3.63, 3.8) is 0 Å². The van der Waals surface area contributed by atoms with Gasteiger partial charge in [-0.1, -0.05) is 5.16 Å². The molecule has 0 aromatic carbocycles. The van der Waals surface area contributed by atoms with E-state index in [1.54, 1.807) is 13.1 Å². The first kappa shape index (κ1) is 11.7. The number of nitrogen functional groups attached to an aromatic ring is 1. The quantitative estimate of drug-likeness (QED) is 0.562. The zero-order chi connectivity index (χ0) is 12.3. The molecule has 0 fully saturated rings. The molecule has 8 nitrogen and oxygen atoms in total. The molecule has 0 saturated carbocycles. The average Bonchev–Trinajstić information content (AvgIpc) is 2.74. The molecule has 4 N–H and O–H groups in total. The van der Waals surface area contributed by atoms with Crippen molar-refractivity contribution in [2.45, 2.75) is 13.5 Å². The molecule has 17 heavy (non-hydrogen) atoms. The second-order valence-corrected chi connectivity index (χ2v) is 3.97. The Morgan fingerprint density at radius 3 is 2.94 bits per heavy atom. The van der Waals surface area contributed by atoms with Gasteiger partial charge in [0.15, 0.2) is 5.82 Å². The van der Waals surface area contributed by atoms with Gasteiger partial charge in [-0.25, -0.2) is 10.8 Å². The van der Waals surface area contributed by atoms with Crippen LogP contribution in [-0.2, 0) is 6.54 Å². The Labute approximate surface area is 105 Å². The van der Waals surface area contributed by atoms with Gasteiger partial charge < -0.3 is 9.84 Å². The first-order valence-electron chi connectivity index (χ1n) is 4.71. The van der Waals surface area contributed by atoms with E-state index < -0.39 is 0 Å². The highest BCUT2D eigenvalue weighted by Crippen LogP contribution is 2.20. The summed E-state index contributed by atoms with van der Waals surface area (Å²) in [4.78, 5) is 12.1. The number of hydrazine groups is 1. The third-order valence-corrected chi connectivity index (χ3v) is 2.44. The summed E-state index contributed by atoms with van der Waals surface area (Å²) in [7, 11) is 0. The van der Waals surface area contributed by atoms with Crippen LogP contribution in [0.15, 0.2) is 15.2 Å². The molecule has 2 aromatic rings. The molecule has 0 atom stereocenters. The maximum absolute atomic E-state index is 5.22. The average molecular weight is 300 g/mol. The van der Waals surface area contributed by atoms with Crippen molar-refractivity contribution in [1.29, 1.82) is 0 Å². The number of nitrogens with zero attached hydrogens (tertiary/aromatic N) is 4. The number of aromatic nitrogens is 4. The molecule has 90 valence electrons. The molecule has 0 radical (unpaired) electrons. The summed E-state index contributed by atoms with van der Waals surface area (Å²) in [6.45, 7) is 2.13. The molecule has 0 aliphatic heterocycles. The lowest BCUT2D eigenvalue weighted by Gasteiger charge is -2.06. The summed E-state index contributed by atoms with van der Waals surface area (Å²) < 4.78 is 5.57. The Morgan fingerprint density at radius 1 is 1.47 bits per heavy atom. The number of anilines is 2. The van der Waals surface area contributed by atoms with Crippen LogP contribution in [0.25, 0.3) is 0 Å². The Morgan fingerprint density at radius 2 is 2.29 bits per heavy atom. The van der Waals surface area contributed by atoms with E-state index in [0.29, 0.717) is 30.0 Å². The molecule has 0 unspecified atom stereocenters. The monoisotopic (exact) mass is 299 g/mol. The van der Waals surface area contributed by atoms with Gasteiger partial charge in [0, 0.05) is 13.1 Å². The van der Waals surface area contributed by atoms with Crippen LogP contribution in [0.2, 0.25) is 0 Å². The Bertz CT molecular complexity index is 514. The van der Waals surface area contributed by atoms with Crippen molar-refractivity contribution in [3.05, 3.63) is 22.4 Å². The van der Waals surface area contributed by atoms with Crippen LogP contribution in [0.4, 0.5) is 11.8 Å². The normalized spacial score (nSPS) is 10.3. The third kappa shape index (κ3) is 2.88. The number of hydrogen-bond donors (Lipinski definition) is 3. The molecule has 0 spiro atoms. The smallest absolute Gasteiger partial charge is 0.239 e. The van der Waals surface area contributed by atoms with Gasteiger partial charge in [0.1, 0.15) is 5.82 Å². The van der Waals surface area contributed by atoms with Crippen LogP contribution < -0.4 is 16.6 Å². The summed E-state index contributed by atoms with van der Waals surface area (Å²) in [5.41, 5.74) is 2.36. The predicted molar refractivity (Wildman–Crippen MR) is 63.9 cm³/mol. The van der Waals surface area contributed by atoms with E-state index in [-0.39, 0.29) is 0 Å². The molecule has 2 aromatic heterocycles. The van der Waals surface area contributed by atoms with Gasteiger partial charge in [0.2, 0.25) is 11.8 Å². The SMILES string of the molecule is Cc1nc(CNc2nc(NN)ncc2Br)no1. The summed E-state index contributed by atoms with van der Waals surface area (Å²) in [6.07, 6.45) is 1.59. The first-order chi connectivity index (χ1) is 8.19. The fourth-order valence-electron chi connectivity index (χ4n) is 1.14. The lowest BCUT2D eigenvalue weighted by Crippen LogP contribution is -2.12. The number of aryl methyl sites for hydroxylation is 1. The highest BCUT2D eigenvalue weighted by atomic mass is 79.9. The highest BCUT2D eigenvalue weighted by Gasteiger charge is 2.06. The summed E-state index contributed by atoms with van der Waals surface area (Å²) in [6, 6.07) is 0. The molecule has 0 saturated heterocycles. The largest absolute Gasteiger partial charge is 0.362 e. The highest BCUT2D eigenvalue weighted by molar-refractivity contribution is 9.10. The van der Waals surface area contributed by atoms with Gasteiger partial charge >= 0.3 is 0 Å². The number of nitrogens with two attached hydrogens (primary N) is 1. The maximum Gasteiger partial charge on any atom is 0.239 e. The first-order valence-corrected chi connectivity index (χ1v) is 5.50. The van der Waals surface area contributed by atoms with Crippen LogP contribution in [0.3, 0.4) is 0 Å². The van der Waals surface area contributed by atoms with Gasteiger partial charge in [0.25, 0.3) is 0 Å². The number of hydrogen-bond acceptors (Lipinski definition) is 8. The summed E-state index contributed by atoms with van der Waals surface area (Å²) >= 11 is 3.32. The van der Waals surface area contributed by atoms with E-state index in [0.717, 1.165) is 4.47 Å². The molecule has 0 bridgehead atoms. The molecule has 2 rings (SSSR count). The number of rotatable bonds is 4. The van der Waals surface area contributed by atoms with Gasteiger partial charge in [-0.05, 0) is 15.9 Å². The second kappa shape index (κ2) is 5.06. The fourth-order valence-corrected chi connectivity index (χ4v) is 1.47. The van der Waals surface area contributed by atoms with Crippen LogP contribution in [0.5, 0.6) is 0 Å². The van der Waals surface area contributed by atoms with Crippen molar-refractivity contribution in [2.24, 2.45) is 5.84 Å². The standard InChI is InChI=1S/C8H10BrN7O/c1-4-13-6(16-17-4)3-11-7-5(9)2-12-8(14-7)15-10/h2H,3,10H2,1H3,(H2,11,12,14,15). The molecule has 0 aliphatic rings. The van der Waals surface area contributed by atoms with E-state index in [2.05, 4.69) is 46.8 Å². The minimum atomic E-state index is 0.319. The van der Waals surface area contributed by atoms with Gasteiger partial charge in [-0.15, -0.1) is 0 Å². The molecule has 0 amide bonds. The molecule has 9 heteroatoms. The van der Waals surface area contributed by atoms with Crippen LogP contribution in [-0.4, -0.2) is 20.1 Å². The Balaban J connectivity index is 2.07. The van der Waals surface area contributed by atoms with Crippen molar-refractivity contribution in [3.8, 4) is 0 Å². The van der Waals surface area contributed by atoms with Gasteiger partial charge in [-0.3, -0.25) is 5.43 Å². The zero-order valence-corrected chi connectivity index (χ0v) is 10.5. The van der Waals surface area contributed by atoms with Gasteiger partial charge in [0.05, 0.1) is 11.0 Å². The lowest BCUT2D eigenvalue weighted by atomic mass is 10.5. The van der Waals surface area contributed by atoms with E-state index in [1.807, 2.05) is 0 Å². The Kier molecular flexibility index (Phi) is 3.49. The van der Waals surface area contributed by atoms with E-state index in [4.69, 9.17) is 10.4 Å². The van der Waals surface area contributed by atoms with E-state index in [9.17, 15) is 0 Å². The maximum atomic E-state index is 5.22. The van der Waals surface area contributed by atoms with E-state index >= 15 is 0 Å². The van der Waals surface area contributed by atoms with Crippen molar-refractivity contribution in [1.82, 2.24) is 20.1 Å². The minimum absolute atomic E-state index is 0.319. The Hall–Kier alpha value is -1.74. The number of nitrogens with one attached hydrogen (secondary N) is 2. The van der Waals surface area contributed by atoms with Crippen molar-refractivity contribution >= 4 is 27.7 Å². The van der Waals surface area contributed by atoms with Crippen LogP contribution in [0.1, 0.15) is 11.7 Å². The minimum Gasteiger partial charge on any atom is -0.362 e. The molecular formula is C8H10BrN7O. The van der Waals surface area contributed by atoms with Crippen LogP contribution >= 0.6 is 15.9 Å². The summed E-state index contributed by atoms with van der Waals surface area (Å²) in [5.74, 6) is 7.21. The zero-order valence-electron chi connectivity index (χ0n) is 8.94. The predicted octanol–water partition coefficient (Wildman–Crippen LogP) is 0.828. The number of halogens is 1. The molecule has 2 heterocycles. The molecular weight excluding hydrogens is 290 g/mol. The summed E-state index contributed by atoms with van der Waals surface area (Å²) in [5, 5.41) is 6.79. The molecule has 0 aliphatic carbocycles. The second-order valence-electron chi connectivity index (χ2n) is 3.12. The van der Waals surface area contributed by atoms with Crippen molar-refractivity contribution < 1.29 is 4.52 Å². The topological polar surface area (TPSA) is 115 Å². The van der Waals surface area contributed by atoms with Crippen LogP contribution in [0, 0.1) is 6.92 Å². The van der Waals surface area contributed by atoms with E-state index in [1.165, 1.54) is 0 Å².